The predicted molar refractivity (Wildman–Crippen MR) is 131 cm³/mol. The summed E-state index contributed by atoms with van der Waals surface area (Å²) in [5.74, 6) is -0.933. The van der Waals surface area contributed by atoms with Gasteiger partial charge in [-0.1, -0.05) is 24.8 Å². The van der Waals surface area contributed by atoms with Gasteiger partial charge in [-0.05, 0) is 48.4 Å². The van der Waals surface area contributed by atoms with Crippen LogP contribution in [0.2, 0.25) is 0 Å². The van der Waals surface area contributed by atoms with Crippen LogP contribution in [0.15, 0.2) is 66.8 Å². The number of likely N-dealkylation sites (tertiary alicyclic amines) is 1. The first-order valence-corrected chi connectivity index (χ1v) is 11.7. The van der Waals surface area contributed by atoms with E-state index in [1.54, 1.807) is 42.5 Å². The standard InChI is InChI=1S/C27H30N2O6/c1-2-16-35-22-10-6-20(7-11-22)25(31)23-24(19-4-8-21(30)9-5-19)29(27(33)26(23)32)13-3-12-28-14-17-34-18-15-28/h2,4-11,24,30-31H,1,3,12-18H2/b25-23-. The van der Waals surface area contributed by atoms with Gasteiger partial charge >= 0.3 is 0 Å². The smallest absolute Gasteiger partial charge is 0.295 e. The predicted octanol–water partition coefficient (Wildman–Crippen LogP) is 3.10. The highest BCUT2D eigenvalue weighted by molar-refractivity contribution is 6.46. The molecule has 1 atom stereocenters. The van der Waals surface area contributed by atoms with Crippen molar-refractivity contribution in [1.82, 2.24) is 9.80 Å². The molecule has 0 saturated carbocycles. The first-order valence-electron chi connectivity index (χ1n) is 11.7. The second-order valence-electron chi connectivity index (χ2n) is 8.52. The van der Waals surface area contributed by atoms with Crippen molar-refractivity contribution in [3.05, 3.63) is 77.9 Å². The first-order chi connectivity index (χ1) is 17.0. The molecular formula is C27H30N2O6. The number of benzene rings is 2. The zero-order chi connectivity index (χ0) is 24.8. The van der Waals surface area contributed by atoms with Gasteiger partial charge in [-0.25, -0.2) is 0 Å². The number of amides is 1. The average Bonchev–Trinajstić information content (AvgIpc) is 3.13. The lowest BCUT2D eigenvalue weighted by atomic mass is 9.95. The lowest BCUT2D eigenvalue weighted by Crippen LogP contribution is -2.38. The molecule has 0 radical (unpaired) electrons. The van der Waals surface area contributed by atoms with E-state index < -0.39 is 17.7 Å². The number of hydrogen-bond acceptors (Lipinski definition) is 7. The van der Waals surface area contributed by atoms with E-state index in [1.807, 2.05) is 0 Å². The maximum Gasteiger partial charge on any atom is 0.295 e. The lowest BCUT2D eigenvalue weighted by Gasteiger charge is -2.29. The van der Waals surface area contributed by atoms with Crippen molar-refractivity contribution < 1.29 is 29.3 Å². The van der Waals surface area contributed by atoms with Crippen LogP contribution in [0.25, 0.3) is 5.76 Å². The van der Waals surface area contributed by atoms with Crippen LogP contribution in [0.3, 0.4) is 0 Å². The Morgan fingerprint density at radius 2 is 1.74 bits per heavy atom. The highest BCUT2D eigenvalue weighted by Crippen LogP contribution is 2.40. The Kier molecular flexibility index (Phi) is 7.84. The molecule has 0 spiro atoms. The number of hydrogen-bond donors (Lipinski definition) is 2. The number of rotatable bonds is 9. The Hall–Kier alpha value is -3.62. The maximum absolute atomic E-state index is 13.1. The fourth-order valence-corrected chi connectivity index (χ4v) is 4.42. The van der Waals surface area contributed by atoms with E-state index >= 15 is 0 Å². The van der Waals surface area contributed by atoms with Crippen molar-refractivity contribution in [3.63, 3.8) is 0 Å². The Bertz CT molecular complexity index is 1090. The molecule has 2 heterocycles. The van der Waals surface area contributed by atoms with Crippen LogP contribution in [0, 0.1) is 0 Å². The minimum Gasteiger partial charge on any atom is -0.508 e. The normalized spacial score (nSPS) is 20.2. The number of ketones is 1. The summed E-state index contributed by atoms with van der Waals surface area (Å²) in [4.78, 5) is 30.0. The summed E-state index contributed by atoms with van der Waals surface area (Å²) in [6, 6.07) is 12.3. The molecule has 2 aromatic carbocycles. The minimum absolute atomic E-state index is 0.0341. The molecule has 184 valence electrons. The summed E-state index contributed by atoms with van der Waals surface area (Å²) >= 11 is 0. The number of carbonyl (C=O) groups excluding carboxylic acids is 2. The first kappa shape index (κ1) is 24.5. The van der Waals surface area contributed by atoms with Gasteiger partial charge in [0.15, 0.2) is 0 Å². The van der Waals surface area contributed by atoms with Crippen LogP contribution < -0.4 is 4.74 Å². The molecule has 4 rings (SSSR count). The number of morpholine rings is 1. The fourth-order valence-electron chi connectivity index (χ4n) is 4.42. The molecule has 0 aliphatic carbocycles. The molecule has 2 aliphatic rings. The van der Waals surface area contributed by atoms with Crippen LogP contribution in [-0.2, 0) is 14.3 Å². The summed E-state index contributed by atoms with van der Waals surface area (Å²) in [5, 5.41) is 20.9. The molecule has 8 heteroatoms. The number of phenols is 1. The Morgan fingerprint density at radius 1 is 1.06 bits per heavy atom. The maximum atomic E-state index is 13.1. The topological polar surface area (TPSA) is 99.5 Å². The zero-order valence-corrected chi connectivity index (χ0v) is 19.6. The molecule has 1 amide bonds. The molecule has 0 aromatic heterocycles. The SMILES string of the molecule is C=CCOc1ccc(/C(O)=C2/C(=O)C(=O)N(CCCN3CCOCC3)C2c2ccc(O)cc2)cc1. The van der Waals surface area contributed by atoms with Gasteiger partial charge in [0.25, 0.3) is 11.7 Å². The van der Waals surface area contributed by atoms with Crippen LogP contribution in [0.5, 0.6) is 11.5 Å². The molecule has 2 aliphatic heterocycles. The van der Waals surface area contributed by atoms with Crippen LogP contribution >= 0.6 is 0 Å². The molecular weight excluding hydrogens is 448 g/mol. The number of ether oxygens (including phenoxy) is 2. The third-order valence-electron chi connectivity index (χ3n) is 6.22. The monoisotopic (exact) mass is 478 g/mol. The molecule has 2 N–H and O–H groups in total. The second-order valence-corrected chi connectivity index (χ2v) is 8.52. The van der Waals surface area contributed by atoms with E-state index in [-0.39, 0.29) is 17.1 Å². The quantitative estimate of drug-likeness (QED) is 0.247. The Labute approximate surface area is 204 Å². The van der Waals surface area contributed by atoms with Crippen molar-refractivity contribution in [3.8, 4) is 11.5 Å². The number of aliphatic hydroxyl groups is 1. The molecule has 8 nitrogen and oxygen atoms in total. The number of Topliss-reactive ketones (excluding diaryl/α,β-unsaturated/α-hetero) is 1. The Morgan fingerprint density at radius 3 is 2.40 bits per heavy atom. The van der Waals surface area contributed by atoms with Gasteiger partial charge < -0.3 is 24.6 Å². The molecule has 2 fully saturated rings. The van der Waals surface area contributed by atoms with Crippen molar-refractivity contribution in [2.45, 2.75) is 12.5 Å². The van der Waals surface area contributed by atoms with E-state index in [9.17, 15) is 19.8 Å². The zero-order valence-electron chi connectivity index (χ0n) is 19.6. The molecule has 0 bridgehead atoms. The van der Waals surface area contributed by atoms with Crippen LogP contribution in [-0.4, -0.2) is 77.7 Å². The molecule has 2 aromatic rings. The molecule has 35 heavy (non-hydrogen) atoms. The van der Waals surface area contributed by atoms with Crippen molar-refractivity contribution >= 4 is 17.4 Å². The van der Waals surface area contributed by atoms with Gasteiger partial charge in [-0.15, -0.1) is 0 Å². The van der Waals surface area contributed by atoms with Crippen molar-refractivity contribution in [2.75, 3.05) is 46.0 Å². The number of phenolic OH excluding ortho intramolecular Hbond substituents is 1. The van der Waals surface area contributed by atoms with Gasteiger partial charge in [0.1, 0.15) is 23.9 Å². The molecule has 1 unspecified atom stereocenters. The van der Waals surface area contributed by atoms with Gasteiger partial charge in [-0.2, -0.15) is 0 Å². The number of nitrogens with zero attached hydrogens (tertiary/aromatic N) is 2. The van der Waals surface area contributed by atoms with Crippen LogP contribution in [0.4, 0.5) is 0 Å². The fraction of sp³-hybridized carbons (Fsp3) is 0.333. The minimum atomic E-state index is -0.753. The summed E-state index contributed by atoms with van der Waals surface area (Å²) in [5.41, 5.74) is 1.08. The Balaban J connectivity index is 1.63. The number of aliphatic hydroxyl groups excluding tert-OH is 1. The van der Waals surface area contributed by atoms with Gasteiger partial charge in [0.2, 0.25) is 0 Å². The van der Waals surface area contributed by atoms with E-state index in [4.69, 9.17) is 9.47 Å². The third-order valence-corrected chi connectivity index (χ3v) is 6.22. The van der Waals surface area contributed by atoms with E-state index in [0.717, 1.165) is 19.6 Å². The molecule has 2 saturated heterocycles. The summed E-state index contributed by atoms with van der Waals surface area (Å²) in [6.07, 6.45) is 2.31. The van der Waals surface area contributed by atoms with E-state index in [2.05, 4.69) is 11.5 Å². The van der Waals surface area contributed by atoms with Gasteiger partial charge in [-0.3, -0.25) is 14.5 Å². The van der Waals surface area contributed by atoms with Gasteiger partial charge in [0.05, 0.1) is 24.8 Å². The number of carbonyl (C=O) groups is 2. The summed E-state index contributed by atoms with van der Waals surface area (Å²) < 4.78 is 10.9. The lowest BCUT2D eigenvalue weighted by molar-refractivity contribution is -0.140. The summed E-state index contributed by atoms with van der Waals surface area (Å²) in [7, 11) is 0. The van der Waals surface area contributed by atoms with E-state index in [0.29, 0.717) is 49.7 Å². The number of aromatic hydroxyl groups is 1. The van der Waals surface area contributed by atoms with E-state index in [1.165, 1.54) is 17.0 Å². The van der Waals surface area contributed by atoms with Gasteiger partial charge in [0, 0.05) is 31.7 Å². The second kappa shape index (κ2) is 11.2. The average molecular weight is 479 g/mol. The summed E-state index contributed by atoms with van der Waals surface area (Å²) in [6.45, 7) is 8.16. The highest BCUT2D eigenvalue weighted by atomic mass is 16.5. The third kappa shape index (κ3) is 5.55. The largest absolute Gasteiger partial charge is 0.508 e. The van der Waals surface area contributed by atoms with Crippen molar-refractivity contribution in [1.29, 1.82) is 0 Å². The highest BCUT2D eigenvalue weighted by Gasteiger charge is 2.45. The van der Waals surface area contributed by atoms with Crippen LogP contribution in [0.1, 0.15) is 23.6 Å². The van der Waals surface area contributed by atoms with Crippen molar-refractivity contribution in [2.24, 2.45) is 0 Å².